The van der Waals surface area contributed by atoms with Crippen LogP contribution in [0.4, 0.5) is 23.0 Å². The van der Waals surface area contributed by atoms with Crippen molar-refractivity contribution in [3.8, 4) is 0 Å². The topological polar surface area (TPSA) is 67.1 Å². The van der Waals surface area contributed by atoms with Crippen LogP contribution in [0, 0.1) is 5.92 Å². The van der Waals surface area contributed by atoms with Crippen LogP contribution in [-0.2, 0) is 6.42 Å². The van der Waals surface area contributed by atoms with E-state index in [9.17, 15) is 0 Å². The molecule has 1 aliphatic heterocycles. The average molecular weight is 311 g/mol. The Bertz CT molecular complexity index is 653. The molecule has 5 heteroatoms. The number of aromatic nitrogens is 2. The fraction of sp³-hybridized carbons (Fsp3) is 0.444. The standard InChI is InChI=1S/C18H25N5/c1-3-14-6-8-15(9-7-14)22-17-16(19)18(21-12-20-17)23-10-4-5-13(2)11-23/h6-9,12-13H,3-5,10-11,19H2,1-2H3,(H,20,21,22). The molecular weight excluding hydrogens is 286 g/mol. The highest BCUT2D eigenvalue weighted by atomic mass is 15.2. The molecule has 1 unspecified atom stereocenters. The molecule has 3 rings (SSSR count). The van der Waals surface area contributed by atoms with E-state index in [0.717, 1.165) is 31.0 Å². The molecule has 1 saturated heterocycles. The number of piperidine rings is 1. The van der Waals surface area contributed by atoms with Crippen molar-refractivity contribution in [3.63, 3.8) is 0 Å². The van der Waals surface area contributed by atoms with Crippen LogP contribution in [0.2, 0.25) is 0 Å². The number of hydrogen-bond donors (Lipinski definition) is 2. The number of benzene rings is 1. The first-order chi connectivity index (χ1) is 11.2. The molecule has 5 nitrogen and oxygen atoms in total. The summed E-state index contributed by atoms with van der Waals surface area (Å²) >= 11 is 0. The van der Waals surface area contributed by atoms with Gasteiger partial charge in [-0.05, 0) is 42.9 Å². The van der Waals surface area contributed by atoms with Crippen LogP contribution in [0.15, 0.2) is 30.6 Å². The molecule has 0 saturated carbocycles. The Kier molecular flexibility index (Phi) is 4.65. The molecule has 0 aliphatic carbocycles. The van der Waals surface area contributed by atoms with E-state index in [1.54, 1.807) is 6.33 Å². The van der Waals surface area contributed by atoms with Gasteiger partial charge >= 0.3 is 0 Å². The zero-order chi connectivity index (χ0) is 16.2. The normalized spacial score (nSPS) is 18.0. The lowest BCUT2D eigenvalue weighted by molar-refractivity contribution is 0.445. The van der Waals surface area contributed by atoms with Gasteiger partial charge in [0, 0.05) is 18.8 Å². The third-order valence-corrected chi connectivity index (χ3v) is 4.44. The molecule has 2 heterocycles. The van der Waals surface area contributed by atoms with E-state index in [4.69, 9.17) is 5.73 Å². The van der Waals surface area contributed by atoms with Gasteiger partial charge in [0.05, 0.1) is 0 Å². The summed E-state index contributed by atoms with van der Waals surface area (Å²) in [6, 6.07) is 8.35. The summed E-state index contributed by atoms with van der Waals surface area (Å²) in [4.78, 5) is 11.0. The largest absolute Gasteiger partial charge is 0.393 e. The number of rotatable bonds is 4. The summed E-state index contributed by atoms with van der Waals surface area (Å²) in [6.07, 6.45) is 5.09. The van der Waals surface area contributed by atoms with E-state index in [1.165, 1.54) is 18.4 Å². The zero-order valence-corrected chi connectivity index (χ0v) is 13.9. The molecule has 1 aromatic heterocycles. The molecule has 1 fully saturated rings. The lowest BCUT2D eigenvalue weighted by atomic mass is 10.0. The summed E-state index contributed by atoms with van der Waals surface area (Å²) < 4.78 is 0. The zero-order valence-electron chi connectivity index (χ0n) is 13.9. The van der Waals surface area contributed by atoms with Crippen molar-refractivity contribution in [2.24, 2.45) is 5.92 Å². The number of hydrogen-bond acceptors (Lipinski definition) is 5. The van der Waals surface area contributed by atoms with Crippen LogP contribution in [0.1, 0.15) is 32.3 Å². The van der Waals surface area contributed by atoms with Crippen LogP contribution < -0.4 is 16.0 Å². The number of aryl methyl sites for hydroxylation is 1. The third-order valence-electron chi connectivity index (χ3n) is 4.44. The summed E-state index contributed by atoms with van der Waals surface area (Å²) in [5, 5.41) is 3.31. The minimum absolute atomic E-state index is 0.626. The van der Waals surface area contributed by atoms with Gasteiger partial charge in [0.2, 0.25) is 0 Å². The lowest BCUT2D eigenvalue weighted by Gasteiger charge is -2.32. The van der Waals surface area contributed by atoms with E-state index in [-0.39, 0.29) is 0 Å². The molecule has 0 bridgehead atoms. The molecule has 1 aromatic carbocycles. The van der Waals surface area contributed by atoms with Crippen molar-refractivity contribution in [2.45, 2.75) is 33.1 Å². The quantitative estimate of drug-likeness (QED) is 0.903. The van der Waals surface area contributed by atoms with Gasteiger partial charge in [-0.25, -0.2) is 9.97 Å². The average Bonchev–Trinajstić information content (AvgIpc) is 2.57. The molecule has 23 heavy (non-hydrogen) atoms. The number of nitrogens with one attached hydrogen (secondary N) is 1. The number of nitrogens with two attached hydrogens (primary N) is 1. The molecule has 1 aliphatic rings. The van der Waals surface area contributed by atoms with Gasteiger partial charge < -0.3 is 16.0 Å². The second-order valence-electron chi connectivity index (χ2n) is 6.33. The molecular formula is C18H25N5. The second kappa shape index (κ2) is 6.86. The van der Waals surface area contributed by atoms with E-state index in [2.05, 4.69) is 58.3 Å². The first-order valence-electron chi connectivity index (χ1n) is 8.38. The smallest absolute Gasteiger partial charge is 0.159 e. The predicted molar refractivity (Wildman–Crippen MR) is 96.2 cm³/mol. The first-order valence-corrected chi connectivity index (χ1v) is 8.38. The summed E-state index contributed by atoms with van der Waals surface area (Å²) in [5.74, 6) is 2.20. The van der Waals surface area contributed by atoms with Crippen molar-refractivity contribution < 1.29 is 0 Å². The van der Waals surface area contributed by atoms with Crippen LogP contribution in [0.3, 0.4) is 0 Å². The van der Waals surface area contributed by atoms with Gasteiger partial charge in [-0.1, -0.05) is 26.0 Å². The SMILES string of the molecule is CCc1ccc(Nc2ncnc(N3CCCC(C)C3)c2N)cc1. The number of nitrogen functional groups attached to an aromatic ring is 1. The van der Waals surface area contributed by atoms with Gasteiger partial charge in [-0.3, -0.25) is 0 Å². The Hall–Kier alpha value is -2.30. The first kappa shape index (κ1) is 15.6. The highest BCUT2D eigenvalue weighted by Gasteiger charge is 2.21. The lowest BCUT2D eigenvalue weighted by Crippen LogP contribution is -2.35. The molecule has 0 amide bonds. The monoisotopic (exact) mass is 311 g/mol. The molecule has 1 atom stereocenters. The maximum absolute atomic E-state index is 6.33. The minimum Gasteiger partial charge on any atom is -0.393 e. The fourth-order valence-corrected chi connectivity index (χ4v) is 3.08. The highest BCUT2D eigenvalue weighted by molar-refractivity contribution is 5.78. The third kappa shape index (κ3) is 3.55. The maximum Gasteiger partial charge on any atom is 0.159 e. The molecule has 2 aromatic rings. The van der Waals surface area contributed by atoms with Gasteiger partial charge in [-0.15, -0.1) is 0 Å². The molecule has 0 spiro atoms. The van der Waals surface area contributed by atoms with Crippen LogP contribution in [-0.4, -0.2) is 23.1 Å². The predicted octanol–water partition coefficient (Wildman–Crippen LogP) is 3.60. The molecule has 3 N–H and O–H groups in total. The van der Waals surface area contributed by atoms with Crippen molar-refractivity contribution in [1.29, 1.82) is 0 Å². The summed E-state index contributed by atoms with van der Waals surface area (Å²) in [7, 11) is 0. The van der Waals surface area contributed by atoms with Gasteiger partial charge in [0.15, 0.2) is 11.6 Å². The van der Waals surface area contributed by atoms with E-state index >= 15 is 0 Å². The summed E-state index contributed by atoms with van der Waals surface area (Å²) in [6.45, 7) is 6.44. The van der Waals surface area contributed by atoms with E-state index < -0.39 is 0 Å². The minimum atomic E-state index is 0.626. The Morgan fingerprint density at radius 2 is 2.04 bits per heavy atom. The maximum atomic E-state index is 6.33. The number of anilines is 4. The summed E-state index contributed by atoms with van der Waals surface area (Å²) in [5.41, 5.74) is 9.27. The fourth-order valence-electron chi connectivity index (χ4n) is 3.08. The van der Waals surface area contributed by atoms with E-state index in [1.807, 2.05) is 0 Å². The van der Waals surface area contributed by atoms with Crippen LogP contribution in [0.5, 0.6) is 0 Å². The number of nitrogens with zero attached hydrogens (tertiary/aromatic N) is 3. The Morgan fingerprint density at radius 3 is 2.74 bits per heavy atom. The molecule has 0 radical (unpaired) electrons. The Labute approximate surface area is 137 Å². The van der Waals surface area contributed by atoms with Gasteiger partial charge in [-0.2, -0.15) is 0 Å². The van der Waals surface area contributed by atoms with Crippen molar-refractivity contribution in [3.05, 3.63) is 36.2 Å². The Morgan fingerprint density at radius 1 is 1.26 bits per heavy atom. The van der Waals surface area contributed by atoms with Gasteiger partial charge in [0.25, 0.3) is 0 Å². The van der Waals surface area contributed by atoms with Crippen molar-refractivity contribution in [2.75, 3.05) is 29.0 Å². The van der Waals surface area contributed by atoms with Crippen LogP contribution >= 0.6 is 0 Å². The molecule has 122 valence electrons. The highest BCUT2D eigenvalue weighted by Crippen LogP contribution is 2.31. The van der Waals surface area contributed by atoms with Gasteiger partial charge in [0.1, 0.15) is 12.0 Å². The Balaban J connectivity index is 1.81. The van der Waals surface area contributed by atoms with Crippen LogP contribution in [0.25, 0.3) is 0 Å². The van der Waals surface area contributed by atoms with Crippen molar-refractivity contribution in [1.82, 2.24) is 9.97 Å². The second-order valence-corrected chi connectivity index (χ2v) is 6.33. The van der Waals surface area contributed by atoms with Crippen molar-refractivity contribution >= 4 is 23.0 Å². The van der Waals surface area contributed by atoms with E-state index in [0.29, 0.717) is 17.4 Å².